The normalized spacial score (nSPS) is 41.9. The first kappa shape index (κ1) is 11.0. The monoisotopic (exact) mass is 204 g/mol. The van der Waals surface area contributed by atoms with E-state index in [0.717, 1.165) is 11.8 Å². The van der Waals surface area contributed by atoms with Crippen LogP contribution in [0.15, 0.2) is 23.3 Å². The molecule has 0 N–H and O–H groups in total. The Labute approximate surface area is 94.5 Å². The van der Waals surface area contributed by atoms with E-state index in [2.05, 4.69) is 39.8 Å². The van der Waals surface area contributed by atoms with Gasteiger partial charge in [-0.3, -0.25) is 0 Å². The number of hydrogen-bond acceptors (Lipinski definition) is 0. The number of hydrogen-bond donors (Lipinski definition) is 0. The van der Waals surface area contributed by atoms with Crippen LogP contribution in [0, 0.1) is 17.3 Å². The molecule has 1 fully saturated rings. The minimum absolute atomic E-state index is 0.575. The summed E-state index contributed by atoms with van der Waals surface area (Å²) < 4.78 is 0. The third-order valence-electron chi connectivity index (χ3n) is 4.48. The highest BCUT2D eigenvalue weighted by atomic mass is 14.6. The van der Waals surface area contributed by atoms with Gasteiger partial charge in [0.25, 0.3) is 0 Å². The first-order valence-corrected chi connectivity index (χ1v) is 6.34. The summed E-state index contributed by atoms with van der Waals surface area (Å²) in [6.45, 7) is 9.47. The molecule has 0 saturated heterocycles. The van der Waals surface area contributed by atoms with Gasteiger partial charge in [0.1, 0.15) is 0 Å². The zero-order valence-electron chi connectivity index (χ0n) is 10.6. The number of rotatable bonds is 0. The summed E-state index contributed by atoms with van der Waals surface area (Å²) in [6, 6.07) is 0. The van der Waals surface area contributed by atoms with Crippen molar-refractivity contribution in [1.29, 1.82) is 0 Å². The quantitative estimate of drug-likeness (QED) is 0.501. The van der Waals surface area contributed by atoms with Gasteiger partial charge in [0.2, 0.25) is 0 Å². The lowest BCUT2D eigenvalue weighted by molar-refractivity contribution is 0.528. The molecule has 2 aliphatic carbocycles. The molecule has 0 amide bonds. The second kappa shape index (κ2) is 3.81. The summed E-state index contributed by atoms with van der Waals surface area (Å²) in [5, 5.41) is 0. The van der Waals surface area contributed by atoms with Crippen molar-refractivity contribution in [3.05, 3.63) is 23.3 Å². The summed E-state index contributed by atoms with van der Waals surface area (Å²) in [5.41, 5.74) is 3.78. The molecular formula is C15H24. The van der Waals surface area contributed by atoms with Crippen LogP contribution in [0.3, 0.4) is 0 Å². The predicted octanol–water partition coefficient (Wildman–Crippen LogP) is 4.73. The fraction of sp³-hybridized carbons (Fsp3) is 0.733. The summed E-state index contributed by atoms with van der Waals surface area (Å²) in [5.74, 6) is 1.80. The van der Waals surface area contributed by atoms with E-state index < -0.39 is 0 Å². The van der Waals surface area contributed by atoms with E-state index in [4.69, 9.17) is 0 Å². The van der Waals surface area contributed by atoms with Crippen LogP contribution in [-0.2, 0) is 0 Å². The molecule has 2 rings (SSSR count). The molecule has 2 atom stereocenters. The van der Waals surface area contributed by atoms with E-state index in [-0.39, 0.29) is 0 Å². The summed E-state index contributed by atoms with van der Waals surface area (Å²) in [7, 11) is 0. The zero-order valence-corrected chi connectivity index (χ0v) is 10.6. The smallest absolute Gasteiger partial charge is 0.0143 e. The summed E-state index contributed by atoms with van der Waals surface area (Å²) in [4.78, 5) is 0. The molecule has 0 heteroatoms. The Bertz CT molecular complexity index is 304. The number of fused-ring (bicyclic) bond motifs is 1. The van der Waals surface area contributed by atoms with Crippen molar-refractivity contribution in [2.75, 3.05) is 0 Å². The molecular weight excluding hydrogens is 180 g/mol. The first-order valence-electron chi connectivity index (χ1n) is 6.34. The molecule has 0 aromatic carbocycles. The van der Waals surface area contributed by atoms with Gasteiger partial charge in [-0.15, -0.1) is 0 Å². The minimum Gasteiger partial charge on any atom is -0.0853 e. The van der Waals surface area contributed by atoms with E-state index in [9.17, 15) is 0 Å². The zero-order chi connectivity index (χ0) is 11.1. The minimum atomic E-state index is 0.575. The Morgan fingerprint density at radius 2 is 1.87 bits per heavy atom. The Hall–Kier alpha value is -0.520. The van der Waals surface area contributed by atoms with Crippen LogP contribution in [0.4, 0.5) is 0 Å². The van der Waals surface area contributed by atoms with Gasteiger partial charge in [0.05, 0.1) is 0 Å². The Morgan fingerprint density at radius 1 is 1.13 bits per heavy atom. The van der Waals surface area contributed by atoms with Crippen LogP contribution >= 0.6 is 0 Å². The van der Waals surface area contributed by atoms with E-state index in [0.29, 0.717) is 5.41 Å². The van der Waals surface area contributed by atoms with E-state index in [1.165, 1.54) is 25.7 Å². The lowest BCUT2D eigenvalue weighted by Crippen LogP contribution is -1.90. The molecule has 0 heterocycles. The number of allylic oxidation sites excluding steroid dienone is 4. The topological polar surface area (TPSA) is 0 Å². The third-order valence-corrected chi connectivity index (χ3v) is 4.48. The van der Waals surface area contributed by atoms with E-state index in [1.807, 2.05) is 0 Å². The highest BCUT2D eigenvalue weighted by molar-refractivity contribution is 5.19. The van der Waals surface area contributed by atoms with Gasteiger partial charge in [-0.2, -0.15) is 0 Å². The molecule has 0 spiro atoms. The van der Waals surface area contributed by atoms with Crippen molar-refractivity contribution in [3.63, 3.8) is 0 Å². The fourth-order valence-electron chi connectivity index (χ4n) is 3.09. The van der Waals surface area contributed by atoms with Crippen molar-refractivity contribution < 1.29 is 0 Å². The average Bonchev–Trinajstić information content (AvgIpc) is 2.65. The molecule has 1 saturated carbocycles. The molecule has 0 nitrogen and oxygen atoms in total. The van der Waals surface area contributed by atoms with Crippen LogP contribution in [0.25, 0.3) is 0 Å². The fourth-order valence-corrected chi connectivity index (χ4v) is 3.09. The van der Waals surface area contributed by atoms with Gasteiger partial charge in [-0.1, -0.05) is 37.1 Å². The summed E-state index contributed by atoms with van der Waals surface area (Å²) >= 11 is 0. The van der Waals surface area contributed by atoms with Gasteiger partial charge in [0, 0.05) is 0 Å². The molecule has 0 aromatic heterocycles. The van der Waals surface area contributed by atoms with Gasteiger partial charge >= 0.3 is 0 Å². The molecule has 0 radical (unpaired) electrons. The average molecular weight is 204 g/mol. The van der Waals surface area contributed by atoms with Crippen LogP contribution < -0.4 is 0 Å². The molecule has 0 aromatic rings. The highest BCUT2D eigenvalue weighted by Gasteiger charge is 2.55. The SMILES string of the molecule is C/C1=C/[C@@H]2[C@@H](CC/C(C)=C\CC1)C2(C)C. The molecule has 2 aliphatic rings. The third kappa shape index (κ3) is 2.19. The highest BCUT2D eigenvalue weighted by Crippen LogP contribution is 2.61. The van der Waals surface area contributed by atoms with Crippen LogP contribution in [-0.4, -0.2) is 0 Å². The molecule has 84 valence electrons. The molecule has 0 bridgehead atoms. The van der Waals surface area contributed by atoms with Crippen molar-refractivity contribution in [2.24, 2.45) is 17.3 Å². The first-order chi connectivity index (χ1) is 7.01. The van der Waals surface area contributed by atoms with Crippen molar-refractivity contribution in [2.45, 2.75) is 53.4 Å². The van der Waals surface area contributed by atoms with Crippen LogP contribution in [0.1, 0.15) is 53.4 Å². The lowest BCUT2D eigenvalue weighted by Gasteiger charge is -2.05. The Balaban J connectivity index is 2.13. The molecule has 0 aliphatic heterocycles. The Kier molecular flexibility index (Phi) is 2.79. The van der Waals surface area contributed by atoms with Crippen molar-refractivity contribution >= 4 is 0 Å². The largest absolute Gasteiger partial charge is 0.0853 e. The maximum Gasteiger partial charge on any atom is -0.0143 e. The lowest BCUT2D eigenvalue weighted by atomic mass is 10.0. The van der Waals surface area contributed by atoms with Crippen LogP contribution in [0.5, 0.6) is 0 Å². The van der Waals surface area contributed by atoms with Gasteiger partial charge < -0.3 is 0 Å². The van der Waals surface area contributed by atoms with Crippen LogP contribution in [0.2, 0.25) is 0 Å². The molecule has 0 unspecified atom stereocenters. The van der Waals surface area contributed by atoms with E-state index in [1.54, 1.807) is 11.1 Å². The van der Waals surface area contributed by atoms with Crippen molar-refractivity contribution in [1.82, 2.24) is 0 Å². The van der Waals surface area contributed by atoms with Gasteiger partial charge in [-0.05, 0) is 56.8 Å². The maximum atomic E-state index is 2.55. The Morgan fingerprint density at radius 3 is 2.60 bits per heavy atom. The molecule has 15 heavy (non-hydrogen) atoms. The van der Waals surface area contributed by atoms with Gasteiger partial charge in [-0.25, -0.2) is 0 Å². The standard InChI is InChI=1S/C15H24/c1-11-6-5-7-12(2)10-14-13(9-8-11)15(14,3)4/h6,10,13-14H,5,7-9H2,1-4H3/b11-6-,12-10-/t13-,14-/m1/s1. The van der Waals surface area contributed by atoms with Crippen molar-refractivity contribution in [3.8, 4) is 0 Å². The second-order valence-corrected chi connectivity index (χ2v) is 6.09. The second-order valence-electron chi connectivity index (χ2n) is 6.09. The van der Waals surface area contributed by atoms with E-state index >= 15 is 0 Å². The maximum absolute atomic E-state index is 2.55. The predicted molar refractivity (Wildman–Crippen MR) is 66.7 cm³/mol. The summed E-state index contributed by atoms with van der Waals surface area (Å²) in [6.07, 6.45) is 10.2. The van der Waals surface area contributed by atoms with Gasteiger partial charge in [0.15, 0.2) is 0 Å².